The Hall–Kier alpha value is -1.67. The maximum absolute atomic E-state index is 11.4. The molecule has 0 spiro atoms. The largest absolute Gasteiger partial charge is 0.338 e. The lowest BCUT2D eigenvalue weighted by atomic mass is 10.2. The lowest BCUT2D eigenvalue weighted by molar-refractivity contribution is 0.251. The Balaban J connectivity index is 2.46. The van der Waals surface area contributed by atoms with Crippen LogP contribution >= 0.6 is 11.8 Å². The average molecular weight is 249 g/mol. The van der Waals surface area contributed by atoms with Gasteiger partial charge in [-0.25, -0.2) is 4.79 Å². The SMILES string of the molecule is CC(C)CNC(=O)Nc1ccc(SC#N)cc1. The second-order valence-corrected chi connectivity index (χ2v) is 4.80. The lowest BCUT2D eigenvalue weighted by Crippen LogP contribution is -2.31. The summed E-state index contributed by atoms with van der Waals surface area (Å²) in [6.07, 6.45) is 0. The molecule has 0 aliphatic rings. The number of nitrogens with zero attached hydrogens (tertiary/aromatic N) is 1. The molecule has 0 heterocycles. The Bertz CT molecular complexity index is 409. The van der Waals surface area contributed by atoms with E-state index in [9.17, 15) is 4.79 Å². The van der Waals surface area contributed by atoms with Gasteiger partial charge in [0, 0.05) is 17.1 Å². The summed E-state index contributed by atoms with van der Waals surface area (Å²) in [5.74, 6) is 0.426. The minimum Gasteiger partial charge on any atom is -0.338 e. The van der Waals surface area contributed by atoms with E-state index in [4.69, 9.17) is 5.26 Å². The summed E-state index contributed by atoms with van der Waals surface area (Å²) in [4.78, 5) is 12.3. The van der Waals surface area contributed by atoms with Crippen molar-refractivity contribution in [3.8, 4) is 5.40 Å². The number of urea groups is 1. The number of thiocyanates is 1. The van der Waals surface area contributed by atoms with Gasteiger partial charge in [-0.1, -0.05) is 13.8 Å². The molecular weight excluding hydrogens is 234 g/mol. The number of carbonyl (C=O) groups excluding carboxylic acids is 1. The second-order valence-electron chi connectivity index (χ2n) is 3.95. The number of nitriles is 1. The van der Waals surface area contributed by atoms with E-state index in [2.05, 4.69) is 10.6 Å². The molecule has 4 nitrogen and oxygen atoms in total. The number of amides is 2. The number of rotatable bonds is 4. The molecule has 1 rings (SSSR count). The van der Waals surface area contributed by atoms with Gasteiger partial charge in [0.05, 0.1) is 0 Å². The molecule has 0 saturated heterocycles. The number of thioether (sulfide) groups is 1. The quantitative estimate of drug-likeness (QED) is 0.636. The molecule has 0 radical (unpaired) electrons. The fraction of sp³-hybridized carbons (Fsp3) is 0.333. The predicted octanol–water partition coefficient (Wildman–Crippen LogP) is 3.04. The maximum Gasteiger partial charge on any atom is 0.319 e. The van der Waals surface area contributed by atoms with Crippen molar-refractivity contribution in [2.45, 2.75) is 18.7 Å². The van der Waals surface area contributed by atoms with Crippen molar-refractivity contribution in [3.05, 3.63) is 24.3 Å². The van der Waals surface area contributed by atoms with Crippen LogP contribution in [0.2, 0.25) is 0 Å². The molecule has 0 aromatic heterocycles. The molecule has 1 aromatic rings. The van der Waals surface area contributed by atoms with Gasteiger partial charge in [-0.05, 0) is 41.9 Å². The van der Waals surface area contributed by atoms with Crippen LogP contribution in [0.4, 0.5) is 10.5 Å². The van der Waals surface area contributed by atoms with Crippen molar-refractivity contribution in [1.82, 2.24) is 5.32 Å². The highest BCUT2D eigenvalue weighted by Crippen LogP contribution is 2.18. The molecule has 0 saturated carbocycles. The highest BCUT2D eigenvalue weighted by Gasteiger charge is 2.02. The molecule has 0 aliphatic heterocycles. The van der Waals surface area contributed by atoms with Crippen LogP contribution in [0.15, 0.2) is 29.2 Å². The third-order valence-electron chi connectivity index (χ3n) is 1.95. The molecule has 0 atom stereocenters. The van der Waals surface area contributed by atoms with Gasteiger partial charge in [0.2, 0.25) is 0 Å². The number of carbonyl (C=O) groups is 1. The lowest BCUT2D eigenvalue weighted by Gasteiger charge is -2.09. The summed E-state index contributed by atoms with van der Waals surface area (Å²) in [7, 11) is 0. The maximum atomic E-state index is 11.4. The van der Waals surface area contributed by atoms with Gasteiger partial charge in [-0.15, -0.1) is 0 Å². The van der Waals surface area contributed by atoms with E-state index in [-0.39, 0.29) is 6.03 Å². The van der Waals surface area contributed by atoms with Crippen molar-refractivity contribution in [1.29, 1.82) is 5.26 Å². The Kier molecular flexibility index (Phi) is 5.37. The van der Waals surface area contributed by atoms with Crippen LogP contribution in [0.5, 0.6) is 0 Å². The first kappa shape index (κ1) is 13.4. The first-order chi connectivity index (χ1) is 8.11. The van der Waals surface area contributed by atoms with Crippen LogP contribution in [0.1, 0.15) is 13.8 Å². The van der Waals surface area contributed by atoms with Crippen LogP contribution in [0.25, 0.3) is 0 Å². The number of hydrogen-bond acceptors (Lipinski definition) is 3. The topological polar surface area (TPSA) is 64.9 Å². The van der Waals surface area contributed by atoms with Crippen molar-refractivity contribution < 1.29 is 4.79 Å². The molecule has 2 amide bonds. The smallest absolute Gasteiger partial charge is 0.319 e. The van der Waals surface area contributed by atoms with Gasteiger partial charge in [0.15, 0.2) is 0 Å². The van der Waals surface area contributed by atoms with Crippen LogP contribution in [0.3, 0.4) is 0 Å². The highest BCUT2D eigenvalue weighted by molar-refractivity contribution is 8.03. The number of nitrogens with one attached hydrogen (secondary N) is 2. The van der Waals surface area contributed by atoms with E-state index >= 15 is 0 Å². The van der Waals surface area contributed by atoms with E-state index in [1.807, 2.05) is 19.2 Å². The molecule has 90 valence electrons. The zero-order valence-electron chi connectivity index (χ0n) is 9.86. The van der Waals surface area contributed by atoms with Crippen molar-refractivity contribution in [2.75, 3.05) is 11.9 Å². The fourth-order valence-electron chi connectivity index (χ4n) is 1.13. The van der Waals surface area contributed by atoms with Gasteiger partial charge < -0.3 is 10.6 Å². The fourth-order valence-corrected chi connectivity index (χ4v) is 1.51. The monoisotopic (exact) mass is 249 g/mol. The molecule has 0 bridgehead atoms. The van der Waals surface area contributed by atoms with E-state index in [1.165, 1.54) is 0 Å². The van der Waals surface area contributed by atoms with E-state index in [0.29, 0.717) is 18.2 Å². The highest BCUT2D eigenvalue weighted by atomic mass is 32.2. The van der Waals surface area contributed by atoms with Crippen LogP contribution < -0.4 is 10.6 Å². The standard InChI is InChI=1S/C12H15N3OS/c1-9(2)7-14-12(16)15-10-3-5-11(6-4-10)17-8-13/h3-6,9H,7H2,1-2H3,(H2,14,15,16). The summed E-state index contributed by atoms with van der Waals surface area (Å²) < 4.78 is 0. The third kappa shape index (κ3) is 5.27. The average Bonchev–Trinajstić information content (AvgIpc) is 2.29. The predicted molar refractivity (Wildman–Crippen MR) is 69.8 cm³/mol. The Labute approximate surface area is 105 Å². The zero-order valence-corrected chi connectivity index (χ0v) is 10.7. The third-order valence-corrected chi connectivity index (χ3v) is 2.55. The molecule has 2 N–H and O–H groups in total. The summed E-state index contributed by atoms with van der Waals surface area (Å²) in [5.41, 5.74) is 0.716. The van der Waals surface area contributed by atoms with E-state index in [0.717, 1.165) is 16.7 Å². The molecule has 0 fully saturated rings. The molecule has 0 aliphatic carbocycles. The number of anilines is 1. The van der Waals surface area contributed by atoms with Crippen molar-refractivity contribution >= 4 is 23.5 Å². The molecule has 1 aromatic carbocycles. The molecule has 0 unspecified atom stereocenters. The summed E-state index contributed by atoms with van der Waals surface area (Å²) in [6, 6.07) is 6.93. The Morgan fingerprint density at radius 3 is 2.59 bits per heavy atom. The van der Waals surface area contributed by atoms with Gasteiger partial charge in [-0.2, -0.15) is 5.26 Å². The second kappa shape index (κ2) is 6.81. The van der Waals surface area contributed by atoms with E-state index < -0.39 is 0 Å². The molecular formula is C12H15N3OS. The summed E-state index contributed by atoms with van der Waals surface area (Å²) >= 11 is 1.09. The van der Waals surface area contributed by atoms with Crippen LogP contribution in [0, 0.1) is 16.6 Å². The number of hydrogen-bond donors (Lipinski definition) is 2. The van der Waals surface area contributed by atoms with E-state index in [1.54, 1.807) is 24.3 Å². The molecule has 17 heavy (non-hydrogen) atoms. The Morgan fingerprint density at radius 1 is 1.41 bits per heavy atom. The minimum atomic E-state index is -0.209. The van der Waals surface area contributed by atoms with Crippen LogP contribution in [-0.2, 0) is 0 Å². The van der Waals surface area contributed by atoms with Gasteiger partial charge in [-0.3, -0.25) is 0 Å². The van der Waals surface area contributed by atoms with Gasteiger partial charge in [0.1, 0.15) is 5.40 Å². The van der Waals surface area contributed by atoms with Gasteiger partial charge >= 0.3 is 6.03 Å². The zero-order chi connectivity index (χ0) is 12.7. The van der Waals surface area contributed by atoms with Gasteiger partial charge in [0.25, 0.3) is 0 Å². The Morgan fingerprint density at radius 2 is 2.06 bits per heavy atom. The molecule has 5 heteroatoms. The van der Waals surface area contributed by atoms with Crippen molar-refractivity contribution in [3.63, 3.8) is 0 Å². The summed E-state index contributed by atoms with van der Waals surface area (Å²) in [5, 5.41) is 16.0. The summed E-state index contributed by atoms with van der Waals surface area (Å²) in [6.45, 7) is 4.72. The minimum absolute atomic E-state index is 0.209. The number of benzene rings is 1. The normalized spacial score (nSPS) is 9.76. The van der Waals surface area contributed by atoms with Crippen molar-refractivity contribution in [2.24, 2.45) is 5.92 Å². The van der Waals surface area contributed by atoms with Crippen LogP contribution in [-0.4, -0.2) is 12.6 Å². The first-order valence-corrected chi connectivity index (χ1v) is 6.14. The first-order valence-electron chi connectivity index (χ1n) is 5.32.